The molecule has 22 heavy (non-hydrogen) atoms. The average molecular weight is 312 g/mol. The Morgan fingerprint density at radius 2 is 2.05 bits per heavy atom. The fourth-order valence-electron chi connectivity index (χ4n) is 1.83. The summed E-state index contributed by atoms with van der Waals surface area (Å²) in [5.74, 6) is -1.12. The number of aromatic nitrogens is 3. The number of aromatic carboxylic acids is 1. The molecule has 8 heteroatoms. The van der Waals surface area contributed by atoms with Gasteiger partial charge in [-0.2, -0.15) is 0 Å². The molecule has 0 bridgehead atoms. The van der Waals surface area contributed by atoms with Gasteiger partial charge in [0.1, 0.15) is 5.60 Å². The number of carboxylic acid groups (broad SMARTS) is 1. The summed E-state index contributed by atoms with van der Waals surface area (Å²) in [6, 6.07) is 0. The highest BCUT2D eigenvalue weighted by Gasteiger charge is 2.20. The first-order valence-electron chi connectivity index (χ1n) is 7.37. The molecule has 0 aliphatic carbocycles. The van der Waals surface area contributed by atoms with Gasteiger partial charge in [0.15, 0.2) is 5.69 Å². The molecule has 124 valence electrons. The van der Waals surface area contributed by atoms with Gasteiger partial charge >= 0.3 is 12.1 Å². The first kappa shape index (κ1) is 17.9. The highest BCUT2D eigenvalue weighted by atomic mass is 16.6. The molecule has 1 rings (SSSR count). The van der Waals surface area contributed by atoms with Gasteiger partial charge < -0.3 is 15.2 Å². The van der Waals surface area contributed by atoms with Crippen molar-refractivity contribution >= 4 is 12.1 Å². The van der Waals surface area contributed by atoms with E-state index in [0.29, 0.717) is 18.7 Å². The van der Waals surface area contributed by atoms with Crippen LogP contribution >= 0.6 is 0 Å². The van der Waals surface area contributed by atoms with Crippen molar-refractivity contribution in [1.82, 2.24) is 20.3 Å². The number of carbonyl (C=O) groups is 2. The van der Waals surface area contributed by atoms with Crippen LogP contribution in [0.1, 0.15) is 56.7 Å². The molecule has 0 aliphatic heterocycles. The smallest absolute Gasteiger partial charge is 0.407 e. The third-order valence-electron chi connectivity index (χ3n) is 2.79. The van der Waals surface area contributed by atoms with Gasteiger partial charge in [0, 0.05) is 19.5 Å². The summed E-state index contributed by atoms with van der Waals surface area (Å²) in [5.41, 5.74) is -0.125. The van der Waals surface area contributed by atoms with E-state index in [0.717, 1.165) is 12.8 Å². The van der Waals surface area contributed by atoms with Crippen molar-refractivity contribution in [3.05, 3.63) is 11.4 Å². The number of amides is 1. The summed E-state index contributed by atoms with van der Waals surface area (Å²) in [6.45, 7) is 8.24. The maximum Gasteiger partial charge on any atom is 0.407 e. The van der Waals surface area contributed by atoms with E-state index in [4.69, 9.17) is 9.84 Å². The third kappa shape index (κ3) is 5.71. The predicted molar refractivity (Wildman–Crippen MR) is 79.8 cm³/mol. The summed E-state index contributed by atoms with van der Waals surface area (Å²) in [7, 11) is 0. The second kappa shape index (κ2) is 7.77. The first-order chi connectivity index (χ1) is 10.2. The van der Waals surface area contributed by atoms with Crippen LogP contribution in [0.3, 0.4) is 0 Å². The molecule has 1 amide bonds. The van der Waals surface area contributed by atoms with Gasteiger partial charge in [-0.3, -0.25) is 0 Å². The average Bonchev–Trinajstić information content (AvgIpc) is 2.77. The van der Waals surface area contributed by atoms with Crippen molar-refractivity contribution in [3.63, 3.8) is 0 Å². The van der Waals surface area contributed by atoms with Gasteiger partial charge in [0.25, 0.3) is 0 Å². The maximum absolute atomic E-state index is 11.6. The number of hydrogen-bond donors (Lipinski definition) is 2. The van der Waals surface area contributed by atoms with Crippen LogP contribution in [0.5, 0.6) is 0 Å². The minimum absolute atomic E-state index is 0.0675. The van der Waals surface area contributed by atoms with E-state index in [9.17, 15) is 9.59 Å². The van der Waals surface area contributed by atoms with E-state index in [-0.39, 0.29) is 12.2 Å². The van der Waals surface area contributed by atoms with Gasteiger partial charge in [0.05, 0.1) is 5.69 Å². The van der Waals surface area contributed by atoms with Crippen LogP contribution in [0.25, 0.3) is 0 Å². The quantitative estimate of drug-likeness (QED) is 0.795. The van der Waals surface area contributed by atoms with Gasteiger partial charge in [-0.25, -0.2) is 14.3 Å². The van der Waals surface area contributed by atoms with Gasteiger partial charge in [-0.05, 0) is 27.2 Å². The molecule has 1 heterocycles. The number of carbonyl (C=O) groups excluding carboxylic acids is 1. The minimum atomic E-state index is -1.12. The Morgan fingerprint density at radius 3 is 2.59 bits per heavy atom. The van der Waals surface area contributed by atoms with E-state index in [1.54, 1.807) is 25.5 Å². The fraction of sp³-hybridized carbons (Fsp3) is 0.714. The van der Waals surface area contributed by atoms with E-state index < -0.39 is 17.7 Å². The summed E-state index contributed by atoms with van der Waals surface area (Å²) in [5, 5.41) is 19.3. The van der Waals surface area contributed by atoms with E-state index in [2.05, 4.69) is 15.6 Å². The summed E-state index contributed by atoms with van der Waals surface area (Å²) >= 11 is 0. The molecule has 0 aromatic carbocycles. The molecule has 1 aromatic heterocycles. The molecule has 0 saturated carbocycles. The van der Waals surface area contributed by atoms with Crippen molar-refractivity contribution in [2.75, 3.05) is 6.54 Å². The third-order valence-corrected chi connectivity index (χ3v) is 2.79. The van der Waals surface area contributed by atoms with E-state index in [1.165, 1.54) is 0 Å². The van der Waals surface area contributed by atoms with Crippen LogP contribution in [0.4, 0.5) is 4.79 Å². The molecule has 0 unspecified atom stereocenters. The normalized spacial score (nSPS) is 11.3. The fourth-order valence-corrected chi connectivity index (χ4v) is 1.83. The molecule has 0 radical (unpaired) electrons. The largest absolute Gasteiger partial charge is 0.476 e. The van der Waals surface area contributed by atoms with Gasteiger partial charge in [0.2, 0.25) is 0 Å². The molecule has 0 atom stereocenters. The lowest BCUT2D eigenvalue weighted by Gasteiger charge is -2.19. The molecule has 0 aliphatic rings. The molecule has 8 nitrogen and oxygen atoms in total. The lowest BCUT2D eigenvalue weighted by Crippen LogP contribution is -2.34. The molecule has 2 N–H and O–H groups in total. The van der Waals surface area contributed by atoms with Crippen LogP contribution in [0.2, 0.25) is 0 Å². The van der Waals surface area contributed by atoms with Crippen LogP contribution in [-0.2, 0) is 17.7 Å². The van der Waals surface area contributed by atoms with Crippen molar-refractivity contribution in [3.8, 4) is 0 Å². The number of unbranched alkanes of at least 4 members (excludes halogenated alkanes) is 1. The highest BCUT2D eigenvalue weighted by Crippen LogP contribution is 2.09. The number of aryl methyl sites for hydroxylation is 1. The molecule has 0 spiro atoms. The second-order valence-electron chi connectivity index (χ2n) is 5.95. The van der Waals surface area contributed by atoms with Crippen molar-refractivity contribution < 1.29 is 19.4 Å². The Morgan fingerprint density at radius 1 is 1.36 bits per heavy atom. The summed E-state index contributed by atoms with van der Waals surface area (Å²) in [6.07, 6.45) is 1.65. The Kier molecular flexibility index (Phi) is 6.33. The zero-order valence-corrected chi connectivity index (χ0v) is 13.5. The zero-order valence-electron chi connectivity index (χ0n) is 13.5. The highest BCUT2D eigenvalue weighted by molar-refractivity contribution is 5.86. The minimum Gasteiger partial charge on any atom is -0.476 e. The number of alkyl carbamates (subject to hydrolysis) is 1. The van der Waals surface area contributed by atoms with E-state index in [1.807, 2.05) is 6.92 Å². The monoisotopic (exact) mass is 312 g/mol. The summed E-state index contributed by atoms with van der Waals surface area (Å²) < 4.78 is 6.71. The maximum atomic E-state index is 11.6. The van der Waals surface area contributed by atoms with Crippen molar-refractivity contribution in [1.29, 1.82) is 0 Å². The number of hydrogen-bond acceptors (Lipinski definition) is 5. The number of rotatable bonds is 7. The predicted octanol–water partition coefficient (Wildman–Crippen LogP) is 1.84. The Balaban J connectivity index is 2.65. The molecular weight excluding hydrogens is 288 g/mol. The molecular formula is C14H24N4O4. The zero-order chi connectivity index (χ0) is 16.8. The number of carboxylic acids is 1. The van der Waals surface area contributed by atoms with Crippen molar-refractivity contribution in [2.24, 2.45) is 0 Å². The van der Waals surface area contributed by atoms with Crippen LogP contribution in [0, 0.1) is 0 Å². The van der Waals surface area contributed by atoms with Crippen LogP contribution in [0.15, 0.2) is 0 Å². The second-order valence-corrected chi connectivity index (χ2v) is 5.95. The van der Waals surface area contributed by atoms with Crippen LogP contribution < -0.4 is 5.32 Å². The van der Waals surface area contributed by atoms with Crippen LogP contribution in [-0.4, -0.2) is 44.3 Å². The topological polar surface area (TPSA) is 106 Å². The summed E-state index contributed by atoms with van der Waals surface area (Å²) in [4.78, 5) is 22.7. The number of ether oxygens (including phenoxy) is 1. The van der Waals surface area contributed by atoms with Crippen molar-refractivity contribution in [2.45, 2.75) is 59.1 Å². The molecule has 0 saturated heterocycles. The first-order valence-corrected chi connectivity index (χ1v) is 7.37. The SMILES string of the molecule is CCCCn1nnc(C(=O)O)c1CCNC(=O)OC(C)(C)C. The van der Waals surface area contributed by atoms with E-state index >= 15 is 0 Å². The Labute approximate surface area is 129 Å². The molecule has 0 fully saturated rings. The number of nitrogens with one attached hydrogen (secondary N) is 1. The Bertz CT molecular complexity index is 519. The van der Waals surface area contributed by atoms with Gasteiger partial charge in [-0.1, -0.05) is 18.6 Å². The molecule has 1 aromatic rings. The lowest BCUT2D eigenvalue weighted by molar-refractivity contribution is 0.0528. The van der Waals surface area contributed by atoms with Gasteiger partial charge in [-0.15, -0.1) is 5.10 Å². The lowest BCUT2D eigenvalue weighted by atomic mass is 10.2. The Hall–Kier alpha value is -2.12. The number of nitrogens with zero attached hydrogens (tertiary/aromatic N) is 3. The standard InChI is InChI=1S/C14H24N4O4/c1-5-6-9-18-10(11(12(19)20)16-17-18)7-8-15-13(21)22-14(2,3)4/h5-9H2,1-4H3,(H,15,21)(H,19,20).